The number of hydrogen-bond acceptors (Lipinski definition) is 4. The lowest BCUT2D eigenvalue weighted by atomic mass is 10.1. The van der Waals surface area contributed by atoms with Gasteiger partial charge in [-0.3, -0.25) is 19.5 Å². The van der Waals surface area contributed by atoms with E-state index in [2.05, 4.69) is 15.6 Å². The molecule has 0 bridgehead atoms. The monoisotopic (exact) mass is 488 g/mol. The average molecular weight is 488 g/mol. The molecule has 142 valence electrons. The first-order valence-electron chi connectivity index (χ1n) is 8.79. The third kappa shape index (κ3) is 4.91. The van der Waals surface area contributed by atoms with Crippen molar-refractivity contribution >= 4 is 53.5 Å². The van der Waals surface area contributed by atoms with Crippen molar-refractivity contribution < 1.29 is 9.59 Å². The van der Waals surface area contributed by atoms with E-state index in [1.165, 1.54) is 23.5 Å². The van der Waals surface area contributed by atoms with Gasteiger partial charge in [0.15, 0.2) is 5.96 Å². The molecule has 0 saturated carbocycles. The fraction of sp³-hybridized carbons (Fsp3) is 0.500. The number of fused-ring (bicyclic) bond motifs is 1. The average Bonchev–Trinajstić information content (AvgIpc) is 3.23. The predicted octanol–water partition coefficient (Wildman–Crippen LogP) is 2.35. The maximum atomic E-state index is 12.3. The van der Waals surface area contributed by atoms with Gasteiger partial charge in [-0.25, -0.2) is 0 Å². The first-order valence-corrected chi connectivity index (χ1v) is 9.84. The number of carbonyl (C=O) groups is 2. The highest BCUT2D eigenvalue weighted by atomic mass is 127. The Morgan fingerprint density at radius 1 is 1.23 bits per heavy atom. The number of carbonyl (C=O) groups excluding carboxylic acids is 2. The highest BCUT2D eigenvalue weighted by molar-refractivity contribution is 14.0. The maximum Gasteiger partial charge on any atom is 0.261 e. The molecule has 26 heavy (non-hydrogen) atoms. The SMILES string of the molecule is CCNC(=NCC1CCCS1)NCCN1C(=O)c2ccccc2C1=O.I. The normalized spacial score (nSPS) is 19.3. The third-order valence-corrected chi connectivity index (χ3v) is 5.71. The first kappa shape index (κ1) is 21.0. The largest absolute Gasteiger partial charge is 0.357 e. The minimum atomic E-state index is -0.216. The lowest BCUT2D eigenvalue weighted by Gasteiger charge is -2.16. The number of rotatable bonds is 6. The van der Waals surface area contributed by atoms with Gasteiger partial charge in [0, 0.05) is 24.9 Å². The minimum Gasteiger partial charge on any atom is -0.357 e. The molecule has 0 radical (unpaired) electrons. The van der Waals surface area contributed by atoms with Gasteiger partial charge in [0.05, 0.1) is 17.7 Å². The van der Waals surface area contributed by atoms with Gasteiger partial charge in [-0.2, -0.15) is 11.8 Å². The molecule has 2 heterocycles. The van der Waals surface area contributed by atoms with Crippen molar-refractivity contribution in [3.63, 3.8) is 0 Å². The van der Waals surface area contributed by atoms with Gasteiger partial charge in [-0.05, 0) is 37.7 Å². The van der Waals surface area contributed by atoms with Crippen LogP contribution >= 0.6 is 35.7 Å². The van der Waals surface area contributed by atoms with Crippen LogP contribution in [-0.2, 0) is 0 Å². The molecule has 2 amide bonds. The molecule has 1 atom stereocenters. The quantitative estimate of drug-likeness (QED) is 0.279. The Hall–Kier alpha value is -1.29. The number of amides is 2. The van der Waals surface area contributed by atoms with Crippen LogP contribution in [0.25, 0.3) is 0 Å². The summed E-state index contributed by atoms with van der Waals surface area (Å²) in [4.78, 5) is 30.6. The van der Waals surface area contributed by atoms with E-state index in [1.807, 2.05) is 18.7 Å². The van der Waals surface area contributed by atoms with Crippen LogP contribution in [0, 0.1) is 0 Å². The molecule has 1 fully saturated rings. The lowest BCUT2D eigenvalue weighted by molar-refractivity contribution is 0.0657. The summed E-state index contributed by atoms with van der Waals surface area (Å²) in [5.41, 5.74) is 0.984. The Labute approximate surface area is 175 Å². The van der Waals surface area contributed by atoms with Crippen LogP contribution in [0.5, 0.6) is 0 Å². The molecule has 1 aromatic carbocycles. The van der Waals surface area contributed by atoms with Crippen molar-refractivity contribution in [3.05, 3.63) is 35.4 Å². The van der Waals surface area contributed by atoms with Crippen LogP contribution < -0.4 is 10.6 Å². The van der Waals surface area contributed by atoms with Crippen LogP contribution in [0.4, 0.5) is 0 Å². The summed E-state index contributed by atoms with van der Waals surface area (Å²) in [6.07, 6.45) is 2.50. The van der Waals surface area contributed by atoms with E-state index in [4.69, 9.17) is 0 Å². The number of imide groups is 1. The molecule has 1 saturated heterocycles. The molecule has 0 aromatic heterocycles. The summed E-state index contributed by atoms with van der Waals surface area (Å²) < 4.78 is 0. The van der Waals surface area contributed by atoms with Gasteiger partial charge in [0.1, 0.15) is 0 Å². The van der Waals surface area contributed by atoms with E-state index >= 15 is 0 Å². The van der Waals surface area contributed by atoms with Gasteiger partial charge in [-0.1, -0.05) is 12.1 Å². The molecule has 2 aliphatic heterocycles. The van der Waals surface area contributed by atoms with Crippen LogP contribution in [0.3, 0.4) is 0 Å². The second-order valence-electron chi connectivity index (χ2n) is 6.09. The van der Waals surface area contributed by atoms with E-state index < -0.39 is 0 Å². The molecule has 1 unspecified atom stereocenters. The zero-order chi connectivity index (χ0) is 17.6. The third-order valence-electron chi connectivity index (χ3n) is 4.33. The molecular formula is C18H25IN4O2S. The van der Waals surface area contributed by atoms with E-state index in [0.717, 1.165) is 19.0 Å². The maximum absolute atomic E-state index is 12.3. The number of hydrogen-bond donors (Lipinski definition) is 2. The summed E-state index contributed by atoms with van der Waals surface area (Å²) >= 11 is 1.98. The van der Waals surface area contributed by atoms with E-state index in [-0.39, 0.29) is 35.8 Å². The van der Waals surface area contributed by atoms with E-state index in [9.17, 15) is 9.59 Å². The number of benzene rings is 1. The minimum absolute atomic E-state index is 0. The Morgan fingerprint density at radius 2 is 1.92 bits per heavy atom. The van der Waals surface area contributed by atoms with Crippen LogP contribution in [0.15, 0.2) is 29.3 Å². The summed E-state index contributed by atoms with van der Waals surface area (Å²) in [7, 11) is 0. The second kappa shape index (κ2) is 10.1. The second-order valence-corrected chi connectivity index (χ2v) is 7.50. The molecule has 2 N–H and O–H groups in total. The Morgan fingerprint density at radius 3 is 2.50 bits per heavy atom. The molecule has 0 spiro atoms. The number of thioether (sulfide) groups is 1. The smallest absolute Gasteiger partial charge is 0.261 e. The predicted molar refractivity (Wildman–Crippen MR) is 117 cm³/mol. The van der Waals surface area contributed by atoms with Gasteiger partial charge in [0.2, 0.25) is 0 Å². The summed E-state index contributed by atoms with van der Waals surface area (Å²) in [6.45, 7) is 4.40. The van der Waals surface area contributed by atoms with E-state index in [0.29, 0.717) is 29.5 Å². The van der Waals surface area contributed by atoms with Gasteiger partial charge in [-0.15, -0.1) is 24.0 Å². The summed E-state index contributed by atoms with van der Waals surface area (Å²) in [5.74, 6) is 1.54. The number of aliphatic imine (C=N–C) groups is 1. The van der Waals surface area contributed by atoms with Crippen LogP contribution in [0.1, 0.15) is 40.5 Å². The zero-order valence-corrected chi connectivity index (χ0v) is 18.0. The molecule has 6 nitrogen and oxygen atoms in total. The van der Waals surface area contributed by atoms with Crippen molar-refractivity contribution in [2.75, 3.05) is 31.9 Å². The number of nitrogens with zero attached hydrogens (tertiary/aromatic N) is 2. The van der Waals surface area contributed by atoms with Crippen LogP contribution in [0.2, 0.25) is 0 Å². The van der Waals surface area contributed by atoms with Gasteiger partial charge in [0.25, 0.3) is 11.8 Å². The van der Waals surface area contributed by atoms with Crippen molar-refractivity contribution in [3.8, 4) is 0 Å². The van der Waals surface area contributed by atoms with Crippen LogP contribution in [-0.4, -0.2) is 59.9 Å². The molecule has 1 aromatic rings. The van der Waals surface area contributed by atoms with Crippen molar-refractivity contribution in [1.29, 1.82) is 0 Å². The molecule has 0 aliphatic carbocycles. The fourth-order valence-corrected chi connectivity index (χ4v) is 4.23. The number of nitrogens with one attached hydrogen (secondary N) is 2. The fourth-order valence-electron chi connectivity index (χ4n) is 3.05. The number of halogens is 1. The lowest BCUT2D eigenvalue weighted by Crippen LogP contribution is -2.43. The van der Waals surface area contributed by atoms with Gasteiger partial charge >= 0.3 is 0 Å². The van der Waals surface area contributed by atoms with E-state index in [1.54, 1.807) is 24.3 Å². The summed E-state index contributed by atoms with van der Waals surface area (Å²) in [6, 6.07) is 6.97. The Kier molecular flexibility index (Phi) is 8.20. The molecular weight excluding hydrogens is 463 g/mol. The molecule has 8 heteroatoms. The van der Waals surface area contributed by atoms with Crippen molar-refractivity contribution in [2.45, 2.75) is 25.0 Å². The van der Waals surface area contributed by atoms with Crippen molar-refractivity contribution in [2.24, 2.45) is 4.99 Å². The Bertz CT molecular complexity index is 642. The first-order chi connectivity index (χ1) is 12.2. The highest BCUT2D eigenvalue weighted by Crippen LogP contribution is 2.26. The Balaban J connectivity index is 0.00000243. The molecule has 2 aliphatic rings. The standard InChI is InChI=1S/C18H24N4O2S.HI/c1-2-19-18(21-12-13-6-5-11-25-13)20-9-10-22-16(23)14-7-3-4-8-15(14)17(22)24;/h3-4,7-8,13H,2,5-6,9-12H2,1H3,(H2,19,20,21);1H. The highest BCUT2D eigenvalue weighted by Gasteiger charge is 2.34. The van der Waals surface area contributed by atoms with Crippen molar-refractivity contribution in [1.82, 2.24) is 15.5 Å². The van der Waals surface area contributed by atoms with Gasteiger partial charge < -0.3 is 10.6 Å². The topological polar surface area (TPSA) is 73.8 Å². The molecule has 3 rings (SSSR count). The summed E-state index contributed by atoms with van der Waals surface area (Å²) in [5, 5.41) is 7.04. The zero-order valence-electron chi connectivity index (χ0n) is 14.9. The number of guanidine groups is 1.